The number of ether oxygens (including phenoxy) is 1. The Morgan fingerprint density at radius 1 is 0.404 bits per heavy atom. The number of benzene rings is 5. The summed E-state index contributed by atoms with van der Waals surface area (Å²) in [6.45, 7) is 6.11. The molecule has 1 aliphatic heterocycles. The number of carbonyl (C=O) groups excluding carboxylic acids is 5. The molecule has 22 heteroatoms. The Labute approximate surface area is 557 Å². The number of hydrogen-bond acceptors (Lipinski definition) is 14. The molecule has 6 aromatic heterocycles. The van der Waals surface area contributed by atoms with Crippen molar-refractivity contribution in [1.29, 1.82) is 0 Å². The fraction of sp³-hybridized carbons (Fsp3) is 0.0972. The summed E-state index contributed by atoms with van der Waals surface area (Å²) >= 11 is 18.9. The van der Waals surface area contributed by atoms with Gasteiger partial charge in [0, 0.05) is 118 Å². The zero-order valence-electron chi connectivity index (χ0n) is 50.8. The monoisotopic (exact) mass is 1310 g/mol. The number of methoxy groups -OCH3 is 1. The molecule has 1 saturated heterocycles. The molecule has 2 atom stereocenters. The van der Waals surface area contributed by atoms with Crippen LogP contribution in [0.2, 0.25) is 15.1 Å². The van der Waals surface area contributed by atoms with Crippen molar-refractivity contribution in [3.8, 4) is 39.7 Å². The van der Waals surface area contributed by atoms with Crippen molar-refractivity contribution in [2.45, 2.75) is 25.9 Å². The second kappa shape index (κ2) is 31.7. The second-order valence-electron chi connectivity index (χ2n) is 21.3. The Bertz CT molecular complexity index is 4410. The van der Waals surface area contributed by atoms with E-state index in [1.54, 1.807) is 159 Å². The molecule has 5 amide bonds. The van der Waals surface area contributed by atoms with Crippen LogP contribution in [0.5, 0.6) is 5.88 Å². The Morgan fingerprint density at radius 2 is 0.787 bits per heavy atom. The van der Waals surface area contributed by atoms with Crippen LogP contribution in [0.1, 0.15) is 65.6 Å². The summed E-state index contributed by atoms with van der Waals surface area (Å²) < 4.78 is 5.00. The number of piperazine rings is 1. The first kappa shape index (κ1) is 65.7. The predicted octanol–water partition coefficient (Wildman–Crippen LogP) is 14.8. The average Bonchev–Trinajstić information content (AvgIpc) is 0.980. The fourth-order valence-corrected chi connectivity index (χ4v) is 10.4. The largest absolute Gasteiger partial charge is 0.481 e. The standard InChI is InChI=1S/C25H19ClN4O3.C24H17ClN4O2.C23H24ClN5O/c1-33-23-12-10-19(15-28-23)30-25(32)17-7-5-16(6-8-17)24(31)29-18-9-11-21(26)20(14-18)22-4-2-3-13-27-22;25-21-11-10-18(14-20(21)22-5-1-2-13-27-22)28-23(30)16-6-8-17(9-7-16)24(31)29-19-4-3-12-26-15-19;1-15-13-29(14-16(2)27-15)22-9-6-17(12-26-22)23(30)28-18-7-8-20(24)19(11-18)21-5-3-4-10-25-21/h2-15H,1H3,(H,29,31)(H,30,32);1-15H,(H,28,30)(H,29,31);3-12,15-16,27H,13-14H2,1-2H3,(H,28,30)/t;;15-,16+. The van der Waals surface area contributed by atoms with Crippen LogP contribution in [0.3, 0.4) is 0 Å². The summed E-state index contributed by atoms with van der Waals surface area (Å²) in [5, 5.41) is 19.3. The maximum Gasteiger partial charge on any atom is 0.257 e. The molecule has 5 aromatic carbocycles. The molecule has 12 rings (SSSR count). The summed E-state index contributed by atoms with van der Waals surface area (Å²) in [7, 11) is 1.52. The van der Waals surface area contributed by atoms with Crippen LogP contribution in [0.25, 0.3) is 33.8 Å². The number of carbonyl (C=O) groups is 5. The van der Waals surface area contributed by atoms with E-state index in [-0.39, 0.29) is 29.5 Å². The highest BCUT2D eigenvalue weighted by Gasteiger charge is 2.23. The van der Waals surface area contributed by atoms with Crippen molar-refractivity contribution in [1.82, 2.24) is 35.2 Å². The highest BCUT2D eigenvalue weighted by Crippen LogP contribution is 2.33. The van der Waals surface area contributed by atoms with Gasteiger partial charge in [-0.3, -0.25) is 43.9 Å². The van der Waals surface area contributed by atoms with E-state index in [4.69, 9.17) is 39.5 Å². The molecule has 0 unspecified atom stereocenters. The summed E-state index contributed by atoms with van der Waals surface area (Å²) in [6, 6.07) is 56.6. The van der Waals surface area contributed by atoms with Crippen LogP contribution in [0.15, 0.2) is 238 Å². The molecule has 0 saturated carbocycles. The molecule has 94 heavy (non-hydrogen) atoms. The van der Waals surface area contributed by atoms with Gasteiger partial charge in [-0.25, -0.2) is 9.97 Å². The Morgan fingerprint density at radius 3 is 1.13 bits per heavy atom. The number of halogens is 3. The molecule has 470 valence electrons. The van der Waals surface area contributed by atoms with Gasteiger partial charge in [-0.05, 0) is 184 Å². The normalized spacial score (nSPS) is 13.1. The minimum Gasteiger partial charge on any atom is -0.481 e. The third-order valence-electron chi connectivity index (χ3n) is 14.3. The number of nitrogens with one attached hydrogen (secondary N) is 6. The minimum atomic E-state index is -0.313. The smallest absolute Gasteiger partial charge is 0.257 e. The van der Waals surface area contributed by atoms with Gasteiger partial charge < -0.3 is 41.5 Å². The molecule has 7 heterocycles. The van der Waals surface area contributed by atoms with E-state index in [0.717, 1.165) is 41.3 Å². The summed E-state index contributed by atoms with van der Waals surface area (Å²) in [5.41, 5.74) is 9.53. The van der Waals surface area contributed by atoms with Crippen molar-refractivity contribution >= 4 is 98.6 Å². The summed E-state index contributed by atoms with van der Waals surface area (Å²) in [6.07, 6.45) is 11.4. The van der Waals surface area contributed by atoms with Crippen LogP contribution in [0.4, 0.5) is 34.3 Å². The van der Waals surface area contributed by atoms with E-state index in [1.165, 1.54) is 13.3 Å². The molecule has 1 aliphatic rings. The summed E-state index contributed by atoms with van der Waals surface area (Å²) in [5.74, 6) is -0.0781. The van der Waals surface area contributed by atoms with Gasteiger partial charge in [-0.2, -0.15) is 0 Å². The van der Waals surface area contributed by atoms with E-state index < -0.39 is 0 Å². The Kier molecular flexibility index (Phi) is 22.2. The molecule has 19 nitrogen and oxygen atoms in total. The molecular weight excluding hydrogens is 1250 g/mol. The molecule has 11 aromatic rings. The number of anilines is 6. The van der Waals surface area contributed by atoms with Gasteiger partial charge in [0.25, 0.3) is 29.5 Å². The lowest BCUT2D eigenvalue weighted by molar-refractivity contribution is 0.101. The molecule has 6 N–H and O–H groups in total. The van der Waals surface area contributed by atoms with E-state index in [0.29, 0.717) is 101 Å². The lowest BCUT2D eigenvalue weighted by Gasteiger charge is -2.36. The van der Waals surface area contributed by atoms with Crippen LogP contribution < -0.4 is 41.5 Å². The summed E-state index contributed by atoms with van der Waals surface area (Å²) in [4.78, 5) is 90.6. The van der Waals surface area contributed by atoms with Crippen molar-refractivity contribution in [2.75, 3.05) is 51.7 Å². The van der Waals surface area contributed by atoms with E-state index >= 15 is 0 Å². The third kappa shape index (κ3) is 17.8. The second-order valence-corrected chi connectivity index (χ2v) is 22.5. The Balaban J connectivity index is 0.000000154. The number of nitrogens with zero attached hydrogens (tertiary/aromatic N) is 7. The van der Waals surface area contributed by atoms with Crippen LogP contribution in [-0.2, 0) is 0 Å². The van der Waals surface area contributed by atoms with Gasteiger partial charge in [0.1, 0.15) is 5.82 Å². The van der Waals surface area contributed by atoms with Gasteiger partial charge >= 0.3 is 0 Å². The lowest BCUT2D eigenvalue weighted by atomic mass is 10.1. The van der Waals surface area contributed by atoms with Crippen LogP contribution in [-0.4, -0.2) is 91.7 Å². The molecular formula is C72H60Cl3N13O6. The number of rotatable bonds is 15. The number of aromatic nitrogens is 6. The van der Waals surface area contributed by atoms with Crippen molar-refractivity contribution in [2.24, 2.45) is 0 Å². The Hall–Kier alpha value is -11.2. The quantitative estimate of drug-likeness (QED) is 0.0559. The van der Waals surface area contributed by atoms with Gasteiger partial charge in [0.2, 0.25) is 5.88 Å². The average molecular weight is 1310 g/mol. The van der Waals surface area contributed by atoms with Gasteiger partial charge in [0.05, 0.1) is 68.6 Å². The van der Waals surface area contributed by atoms with Crippen molar-refractivity contribution < 1.29 is 28.7 Å². The van der Waals surface area contributed by atoms with Crippen LogP contribution >= 0.6 is 34.8 Å². The van der Waals surface area contributed by atoms with E-state index in [1.807, 2.05) is 72.8 Å². The molecule has 0 aliphatic carbocycles. The fourth-order valence-electron chi connectivity index (χ4n) is 9.76. The van der Waals surface area contributed by atoms with Gasteiger partial charge in [-0.1, -0.05) is 53.0 Å². The van der Waals surface area contributed by atoms with Gasteiger partial charge in [-0.15, -0.1) is 0 Å². The predicted molar refractivity (Wildman–Crippen MR) is 370 cm³/mol. The van der Waals surface area contributed by atoms with Crippen molar-refractivity contribution in [3.63, 3.8) is 0 Å². The van der Waals surface area contributed by atoms with E-state index in [2.05, 4.69) is 80.6 Å². The first-order valence-corrected chi connectivity index (χ1v) is 30.5. The molecule has 0 radical (unpaired) electrons. The zero-order chi connectivity index (χ0) is 65.9. The maximum atomic E-state index is 12.7. The SMILES string of the molecule is COc1ccc(NC(=O)c2ccc(C(=O)Nc3ccc(Cl)c(-c4ccccn4)c3)cc2)cn1.C[C@@H]1CN(c2ccc(C(=O)Nc3ccc(Cl)c(-c4ccccn4)c3)cn2)C[C@H](C)N1.O=C(Nc1cccnc1)c1ccc(C(=O)Nc2ccc(Cl)c(-c3ccccn3)c2)cc1. The maximum absolute atomic E-state index is 12.7. The third-order valence-corrected chi connectivity index (χ3v) is 15.3. The van der Waals surface area contributed by atoms with Crippen LogP contribution in [0, 0.1) is 0 Å². The zero-order valence-corrected chi connectivity index (χ0v) is 53.1. The number of amides is 5. The lowest BCUT2D eigenvalue weighted by Crippen LogP contribution is -2.54. The molecule has 1 fully saturated rings. The first-order chi connectivity index (χ1) is 45.6. The minimum absolute atomic E-state index is 0.217. The number of hydrogen-bond donors (Lipinski definition) is 6. The van der Waals surface area contributed by atoms with Crippen molar-refractivity contribution in [3.05, 3.63) is 280 Å². The topological polar surface area (TPSA) is 247 Å². The van der Waals surface area contributed by atoms with E-state index in [9.17, 15) is 24.0 Å². The highest BCUT2D eigenvalue weighted by atomic mass is 35.5. The highest BCUT2D eigenvalue weighted by molar-refractivity contribution is 6.34. The first-order valence-electron chi connectivity index (χ1n) is 29.4. The number of pyridine rings is 6. The molecule has 0 bridgehead atoms. The van der Waals surface area contributed by atoms with Gasteiger partial charge in [0.15, 0.2) is 0 Å². The molecule has 0 spiro atoms.